The Balaban J connectivity index is 1.69. The standard InChI is InChI=1S/C19H19N3O4/c1-26-15-8-6-13(7-9-15)10-20-18(24)16-5-3-2-4-14(16)12-22-17(23)11-21-19(22)25/h2-9H,10-12H2,1H3,(H,20,24)(H,21,25). The maximum Gasteiger partial charge on any atom is 0.324 e. The van der Waals surface area contributed by atoms with Crippen LogP contribution in [-0.4, -0.2) is 36.4 Å². The summed E-state index contributed by atoms with van der Waals surface area (Å²) in [7, 11) is 1.60. The van der Waals surface area contributed by atoms with Crippen molar-refractivity contribution < 1.29 is 19.1 Å². The maximum absolute atomic E-state index is 12.6. The highest BCUT2D eigenvalue weighted by atomic mass is 16.5. The highest BCUT2D eigenvalue weighted by Gasteiger charge is 2.29. The van der Waals surface area contributed by atoms with Gasteiger partial charge >= 0.3 is 6.03 Å². The van der Waals surface area contributed by atoms with Gasteiger partial charge in [-0.05, 0) is 29.3 Å². The second kappa shape index (κ2) is 7.69. The van der Waals surface area contributed by atoms with Gasteiger partial charge in [0.1, 0.15) is 5.75 Å². The summed E-state index contributed by atoms with van der Waals surface area (Å²) in [6.07, 6.45) is 0. The van der Waals surface area contributed by atoms with Gasteiger partial charge in [-0.2, -0.15) is 0 Å². The van der Waals surface area contributed by atoms with Gasteiger partial charge in [0.15, 0.2) is 0 Å². The summed E-state index contributed by atoms with van der Waals surface area (Å²) in [5.74, 6) is 0.186. The van der Waals surface area contributed by atoms with Gasteiger partial charge in [-0.15, -0.1) is 0 Å². The molecule has 0 spiro atoms. The molecule has 1 aliphatic heterocycles. The quantitative estimate of drug-likeness (QED) is 0.774. The predicted molar refractivity (Wildman–Crippen MR) is 94.6 cm³/mol. The van der Waals surface area contributed by atoms with Crippen molar-refractivity contribution in [2.75, 3.05) is 13.7 Å². The molecule has 1 heterocycles. The highest BCUT2D eigenvalue weighted by molar-refractivity contribution is 6.02. The summed E-state index contributed by atoms with van der Waals surface area (Å²) in [5.41, 5.74) is 1.99. The zero-order chi connectivity index (χ0) is 18.5. The lowest BCUT2D eigenvalue weighted by Gasteiger charge is -2.15. The molecule has 0 unspecified atom stereocenters. The second-order valence-electron chi connectivity index (χ2n) is 5.83. The Bertz CT molecular complexity index is 817. The monoisotopic (exact) mass is 353 g/mol. The van der Waals surface area contributed by atoms with E-state index in [1.54, 1.807) is 31.4 Å². The van der Waals surface area contributed by atoms with Gasteiger partial charge in [0, 0.05) is 12.1 Å². The molecule has 1 fully saturated rings. The van der Waals surface area contributed by atoms with Crippen molar-refractivity contribution in [3.63, 3.8) is 0 Å². The molecule has 7 nitrogen and oxygen atoms in total. The number of benzene rings is 2. The first kappa shape index (κ1) is 17.5. The van der Waals surface area contributed by atoms with E-state index in [9.17, 15) is 14.4 Å². The van der Waals surface area contributed by atoms with Crippen molar-refractivity contribution in [3.8, 4) is 5.75 Å². The number of nitrogens with one attached hydrogen (secondary N) is 2. The molecular weight excluding hydrogens is 334 g/mol. The van der Waals surface area contributed by atoms with E-state index in [1.807, 2.05) is 24.3 Å². The molecule has 0 radical (unpaired) electrons. The first-order chi connectivity index (χ1) is 12.6. The molecule has 2 N–H and O–H groups in total. The maximum atomic E-state index is 12.6. The van der Waals surface area contributed by atoms with Crippen LogP contribution in [0, 0.1) is 0 Å². The molecule has 1 aliphatic rings. The van der Waals surface area contributed by atoms with Crippen LogP contribution in [0.3, 0.4) is 0 Å². The van der Waals surface area contributed by atoms with E-state index in [-0.39, 0.29) is 24.9 Å². The lowest BCUT2D eigenvalue weighted by atomic mass is 10.1. The minimum Gasteiger partial charge on any atom is -0.497 e. The molecule has 3 rings (SSSR count). The van der Waals surface area contributed by atoms with Crippen molar-refractivity contribution in [1.29, 1.82) is 0 Å². The van der Waals surface area contributed by atoms with Crippen LogP contribution in [0.15, 0.2) is 48.5 Å². The molecule has 134 valence electrons. The number of ether oxygens (including phenoxy) is 1. The third-order valence-corrected chi connectivity index (χ3v) is 4.14. The Morgan fingerprint density at radius 2 is 1.88 bits per heavy atom. The molecule has 7 heteroatoms. The molecule has 2 aromatic rings. The molecular formula is C19H19N3O4. The Hall–Kier alpha value is -3.35. The zero-order valence-electron chi connectivity index (χ0n) is 14.3. The summed E-state index contributed by atoms with van der Waals surface area (Å²) in [6.45, 7) is 0.418. The van der Waals surface area contributed by atoms with Crippen LogP contribution >= 0.6 is 0 Å². The van der Waals surface area contributed by atoms with Gasteiger partial charge in [0.25, 0.3) is 5.91 Å². The second-order valence-corrected chi connectivity index (χ2v) is 5.83. The van der Waals surface area contributed by atoms with Gasteiger partial charge in [0.05, 0.1) is 20.2 Å². The van der Waals surface area contributed by atoms with E-state index in [0.29, 0.717) is 17.7 Å². The number of urea groups is 1. The Morgan fingerprint density at radius 1 is 1.15 bits per heavy atom. The van der Waals surface area contributed by atoms with Crippen LogP contribution in [-0.2, 0) is 17.9 Å². The topological polar surface area (TPSA) is 87.7 Å². The fourth-order valence-electron chi connectivity index (χ4n) is 2.69. The molecule has 0 bridgehead atoms. The molecule has 0 saturated carbocycles. The van der Waals surface area contributed by atoms with Gasteiger partial charge in [-0.25, -0.2) is 4.79 Å². The summed E-state index contributed by atoms with van der Waals surface area (Å²) in [6, 6.07) is 13.9. The number of hydrogen-bond acceptors (Lipinski definition) is 4. The number of hydrogen-bond donors (Lipinski definition) is 2. The van der Waals surface area contributed by atoms with E-state index in [2.05, 4.69) is 10.6 Å². The first-order valence-electron chi connectivity index (χ1n) is 8.15. The number of carbonyl (C=O) groups excluding carboxylic acids is 3. The lowest BCUT2D eigenvalue weighted by Crippen LogP contribution is -2.32. The number of carbonyl (C=O) groups is 3. The van der Waals surface area contributed by atoms with Gasteiger partial charge in [0.2, 0.25) is 5.91 Å². The number of methoxy groups -OCH3 is 1. The molecule has 0 atom stereocenters. The minimum absolute atomic E-state index is 0.00926. The molecule has 1 saturated heterocycles. The number of rotatable bonds is 6. The fourth-order valence-corrected chi connectivity index (χ4v) is 2.69. The SMILES string of the molecule is COc1ccc(CNC(=O)c2ccccc2CN2C(=O)CNC2=O)cc1. The molecule has 0 aliphatic carbocycles. The van der Waals surface area contributed by atoms with Crippen LogP contribution in [0.4, 0.5) is 4.79 Å². The van der Waals surface area contributed by atoms with Crippen molar-refractivity contribution in [1.82, 2.24) is 15.5 Å². The molecule has 26 heavy (non-hydrogen) atoms. The van der Waals surface area contributed by atoms with Crippen molar-refractivity contribution in [3.05, 3.63) is 65.2 Å². The van der Waals surface area contributed by atoms with E-state index >= 15 is 0 Å². The number of imide groups is 1. The van der Waals surface area contributed by atoms with Crippen LogP contribution < -0.4 is 15.4 Å². The lowest BCUT2D eigenvalue weighted by molar-refractivity contribution is -0.125. The predicted octanol–water partition coefficient (Wildman–Crippen LogP) is 1.68. The van der Waals surface area contributed by atoms with E-state index in [0.717, 1.165) is 16.2 Å². The van der Waals surface area contributed by atoms with Gasteiger partial charge in [-0.3, -0.25) is 14.5 Å². The Kier molecular flexibility index (Phi) is 5.17. The smallest absolute Gasteiger partial charge is 0.324 e. The highest BCUT2D eigenvalue weighted by Crippen LogP contribution is 2.15. The Labute approximate surface area is 150 Å². The van der Waals surface area contributed by atoms with Crippen LogP contribution in [0.5, 0.6) is 5.75 Å². The third kappa shape index (κ3) is 3.83. The van der Waals surface area contributed by atoms with Crippen molar-refractivity contribution in [2.24, 2.45) is 0 Å². The average Bonchev–Trinajstić information content (AvgIpc) is 2.99. The normalized spacial score (nSPS) is 13.5. The first-order valence-corrected chi connectivity index (χ1v) is 8.15. The molecule has 0 aromatic heterocycles. The minimum atomic E-state index is -0.441. The van der Waals surface area contributed by atoms with Gasteiger partial charge < -0.3 is 15.4 Å². The zero-order valence-corrected chi connectivity index (χ0v) is 14.3. The summed E-state index contributed by atoms with van der Waals surface area (Å²) in [5, 5.41) is 5.33. The third-order valence-electron chi connectivity index (χ3n) is 4.14. The van der Waals surface area contributed by atoms with Crippen LogP contribution in [0.25, 0.3) is 0 Å². The van der Waals surface area contributed by atoms with Crippen molar-refractivity contribution >= 4 is 17.8 Å². The molecule has 4 amide bonds. The van der Waals surface area contributed by atoms with Gasteiger partial charge in [-0.1, -0.05) is 30.3 Å². The molecule has 2 aromatic carbocycles. The van der Waals surface area contributed by atoms with E-state index in [4.69, 9.17) is 4.74 Å². The number of nitrogens with zero attached hydrogens (tertiary/aromatic N) is 1. The van der Waals surface area contributed by atoms with Crippen molar-refractivity contribution in [2.45, 2.75) is 13.1 Å². The summed E-state index contributed by atoms with van der Waals surface area (Å²) < 4.78 is 5.11. The summed E-state index contributed by atoms with van der Waals surface area (Å²) in [4.78, 5) is 37.1. The van der Waals surface area contributed by atoms with Crippen LogP contribution in [0.2, 0.25) is 0 Å². The van der Waals surface area contributed by atoms with Crippen LogP contribution in [0.1, 0.15) is 21.5 Å². The average molecular weight is 353 g/mol. The fraction of sp³-hybridized carbons (Fsp3) is 0.211. The number of amides is 4. The summed E-state index contributed by atoms with van der Waals surface area (Å²) >= 11 is 0. The largest absolute Gasteiger partial charge is 0.497 e. The van der Waals surface area contributed by atoms with E-state index < -0.39 is 6.03 Å². The Morgan fingerprint density at radius 3 is 2.54 bits per heavy atom. The van der Waals surface area contributed by atoms with E-state index in [1.165, 1.54) is 0 Å².